The van der Waals surface area contributed by atoms with Crippen LogP contribution in [0.4, 0.5) is 24.8 Å². The fraction of sp³-hybridized carbons (Fsp3) is 0.515. The molecule has 5 heterocycles. The summed E-state index contributed by atoms with van der Waals surface area (Å²) in [5, 5.41) is 12.1. The third kappa shape index (κ3) is 6.22. The van der Waals surface area contributed by atoms with Gasteiger partial charge in [0.05, 0.1) is 35.2 Å². The standard InChI is InChI=1S/C33H37F3N8O4/c1-43(16-32(17-48-2)8-3-4-9-32)24-13-22(20-11-21(33(34,35)36)26(37-14-20)18-5-6-18)39-28-27(24)40-31(41-28)42-29(45)23-15-44-10-7-19(30(46)47)12-25(44)38-23/h11,13-15,18-19H,3-10,12,16-17H2,1-2H3,(H,46,47)(H2,39,40,41,42,45). The number of rotatable bonds is 10. The number of aryl methyl sites for hydroxylation is 1. The van der Waals surface area contributed by atoms with E-state index in [0.29, 0.717) is 56.0 Å². The van der Waals surface area contributed by atoms with E-state index in [1.54, 1.807) is 23.9 Å². The molecule has 0 radical (unpaired) electrons. The minimum absolute atomic E-state index is 0.0663. The van der Waals surface area contributed by atoms with E-state index >= 15 is 0 Å². The number of pyridine rings is 2. The number of hydrogen-bond donors (Lipinski definition) is 3. The zero-order valence-corrected chi connectivity index (χ0v) is 26.7. The smallest absolute Gasteiger partial charge is 0.418 e. The second-order valence-electron chi connectivity index (χ2n) is 13.5. The molecule has 1 atom stereocenters. The van der Waals surface area contributed by atoms with Gasteiger partial charge in [-0.1, -0.05) is 12.8 Å². The van der Waals surface area contributed by atoms with Crippen LogP contribution in [-0.2, 0) is 28.7 Å². The van der Waals surface area contributed by atoms with Gasteiger partial charge in [0.2, 0.25) is 5.95 Å². The molecule has 2 aliphatic carbocycles. The molecule has 4 aromatic heterocycles. The van der Waals surface area contributed by atoms with Gasteiger partial charge in [-0.15, -0.1) is 0 Å². The van der Waals surface area contributed by atoms with Crippen molar-refractivity contribution >= 4 is 34.7 Å². The molecule has 1 amide bonds. The van der Waals surface area contributed by atoms with Crippen molar-refractivity contribution < 1.29 is 32.6 Å². The molecule has 12 nitrogen and oxygen atoms in total. The van der Waals surface area contributed by atoms with E-state index in [2.05, 4.69) is 30.2 Å². The van der Waals surface area contributed by atoms with Gasteiger partial charge in [0.15, 0.2) is 5.65 Å². The van der Waals surface area contributed by atoms with E-state index in [1.807, 2.05) is 11.9 Å². The Morgan fingerprint density at radius 3 is 2.62 bits per heavy atom. The van der Waals surface area contributed by atoms with Crippen molar-refractivity contribution in [3.8, 4) is 11.3 Å². The molecule has 0 spiro atoms. The summed E-state index contributed by atoms with van der Waals surface area (Å²) < 4.78 is 49.9. The Kier molecular flexibility index (Phi) is 8.12. The summed E-state index contributed by atoms with van der Waals surface area (Å²) in [5.41, 5.74) is 1.21. The first-order chi connectivity index (χ1) is 22.9. The fourth-order valence-electron chi connectivity index (χ4n) is 7.29. The summed E-state index contributed by atoms with van der Waals surface area (Å²) in [6.45, 7) is 1.65. The lowest BCUT2D eigenvalue weighted by Gasteiger charge is -2.34. The maximum Gasteiger partial charge on any atom is 0.418 e. The number of carboxylic acid groups (broad SMARTS) is 1. The van der Waals surface area contributed by atoms with E-state index in [-0.39, 0.29) is 52.0 Å². The van der Waals surface area contributed by atoms with Crippen molar-refractivity contribution in [3.05, 3.63) is 47.3 Å². The number of aliphatic carboxylic acids is 1. The lowest BCUT2D eigenvalue weighted by Crippen LogP contribution is -2.37. The molecule has 3 aliphatic rings. The average Bonchev–Trinajstić information content (AvgIpc) is 3.43. The minimum atomic E-state index is -4.57. The second kappa shape index (κ2) is 12.2. The highest BCUT2D eigenvalue weighted by Gasteiger charge is 2.40. The van der Waals surface area contributed by atoms with Crippen LogP contribution in [0.2, 0.25) is 0 Å². The summed E-state index contributed by atoms with van der Waals surface area (Å²) in [7, 11) is 3.60. The average molecular weight is 667 g/mol. The minimum Gasteiger partial charge on any atom is -0.481 e. The number of methoxy groups -OCH3 is 1. The number of carbonyl (C=O) groups excluding carboxylic acids is 1. The van der Waals surface area contributed by atoms with Gasteiger partial charge in [-0.25, -0.2) is 9.97 Å². The number of carbonyl (C=O) groups is 2. The summed E-state index contributed by atoms with van der Waals surface area (Å²) in [6.07, 6.45) is 4.65. The van der Waals surface area contributed by atoms with Gasteiger partial charge in [0.25, 0.3) is 5.91 Å². The predicted molar refractivity (Wildman–Crippen MR) is 170 cm³/mol. The van der Waals surface area contributed by atoms with Crippen molar-refractivity contribution in [1.82, 2.24) is 29.5 Å². The zero-order chi connectivity index (χ0) is 33.8. The number of nitrogens with zero attached hydrogens (tertiary/aromatic N) is 6. The molecule has 0 aromatic carbocycles. The highest BCUT2D eigenvalue weighted by molar-refractivity contribution is 6.03. The molecule has 4 aromatic rings. The number of anilines is 2. The Bertz CT molecular complexity index is 1880. The summed E-state index contributed by atoms with van der Waals surface area (Å²) in [4.78, 5) is 47.8. The number of carboxylic acids is 1. The van der Waals surface area contributed by atoms with Crippen LogP contribution in [0.1, 0.15) is 78.4 Å². The first-order valence-electron chi connectivity index (χ1n) is 16.2. The van der Waals surface area contributed by atoms with Gasteiger partial charge in [-0.05, 0) is 44.2 Å². The Balaban J connectivity index is 1.25. The normalized spacial score (nSPS) is 19.0. The van der Waals surface area contributed by atoms with Crippen LogP contribution in [0.15, 0.2) is 24.5 Å². The molecule has 1 aliphatic heterocycles. The summed E-state index contributed by atoms with van der Waals surface area (Å²) in [6, 6.07) is 2.85. The molecular weight excluding hydrogens is 629 g/mol. The van der Waals surface area contributed by atoms with Gasteiger partial charge >= 0.3 is 12.1 Å². The number of alkyl halides is 3. The molecule has 15 heteroatoms. The third-order valence-electron chi connectivity index (χ3n) is 9.84. The summed E-state index contributed by atoms with van der Waals surface area (Å²) >= 11 is 0. The maximum atomic E-state index is 14.2. The lowest BCUT2D eigenvalue weighted by molar-refractivity contribution is -0.142. The molecular formula is C33H37F3N8O4. The zero-order valence-electron chi connectivity index (χ0n) is 26.7. The largest absolute Gasteiger partial charge is 0.481 e. The van der Waals surface area contributed by atoms with E-state index in [1.165, 1.54) is 6.20 Å². The van der Waals surface area contributed by atoms with Crippen LogP contribution < -0.4 is 10.2 Å². The van der Waals surface area contributed by atoms with E-state index in [0.717, 1.165) is 31.7 Å². The van der Waals surface area contributed by atoms with E-state index in [9.17, 15) is 27.9 Å². The number of amides is 1. The van der Waals surface area contributed by atoms with Crippen LogP contribution in [0.3, 0.4) is 0 Å². The van der Waals surface area contributed by atoms with Gasteiger partial charge in [0, 0.05) is 63.0 Å². The first kappa shape index (κ1) is 32.0. The molecule has 254 valence electrons. The van der Waals surface area contributed by atoms with Gasteiger partial charge < -0.3 is 24.3 Å². The Hall–Kier alpha value is -4.53. The molecule has 1 unspecified atom stereocenters. The number of fused-ring (bicyclic) bond motifs is 2. The van der Waals surface area contributed by atoms with Gasteiger partial charge in [0.1, 0.15) is 17.0 Å². The number of nitrogens with one attached hydrogen (secondary N) is 2. The van der Waals surface area contributed by atoms with E-state index < -0.39 is 29.5 Å². The fourth-order valence-corrected chi connectivity index (χ4v) is 7.29. The van der Waals surface area contributed by atoms with Crippen LogP contribution in [0.25, 0.3) is 22.4 Å². The van der Waals surface area contributed by atoms with Gasteiger partial charge in [-0.3, -0.25) is 19.9 Å². The quantitative estimate of drug-likeness (QED) is 0.195. The van der Waals surface area contributed by atoms with Crippen molar-refractivity contribution in [3.63, 3.8) is 0 Å². The van der Waals surface area contributed by atoms with Crippen LogP contribution in [0, 0.1) is 11.3 Å². The van der Waals surface area contributed by atoms with Crippen molar-refractivity contribution in [1.29, 1.82) is 0 Å². The second-order valence-corrected chi connectivity index (χ2v) is 13.5. The molecule has 3 N–H and O–H groups in total. The molecule has 2 saturated carbocycles. The number of H-pyrrole nitrogens is 1. The first-order valence-corrected chi connectivity index (χ1v) is 16.2. The molecule has 0 saturated heterocycles. The van der Waals surface area contributed by atoms with Crippen LogP contribution in [0.5, 0.6) is 0 Å². The Morgan fingerprint density at radius 1 is 1.17 bits per heavy atom. The molecule has 2 fully saturated rings. The van der Waals surface area contributed by atoms with Crippen LogP contribution in [-0.4, -0.2) is 73.8 Å². The topological polar surface area (TPSA) is 151 Å². The number of halogens is 3. The SMILES string of the molecule is COCC1(CN(C)c2cc(-c3cnc(C4CC4)c(C(F)(F)F)c3)nc3nc(NC(=O)c4cn5c(n4)CC(C(=O)O)CC5)[nH]c23)CCCC1. The lowest BCUT2D eigenvalue weighted by atomic mass is 9.86. The Labute approximate surface area is 274 Å². The highest BCUT2D eigenvalue weighted by Crippen LogP contribution is 2.46. The van der Waals surface area contributed by atoms with Crippen molar-refractivity contribution in [2.75, 3.05) is 37.5 Å². The number of ether oxygens (including phenoxy) is 1. The van der Waals surface area contributed by atoms with Crippen molar-refractivity contribution in [2.24, 2.45) is 11.3 Å². The van der Waals surface area contributed by atoms with E-state index in [4.69, 9.17) is 4.74 Å². The monoisotopic (exact) mass is 666 g/mol. The number of hydrogen-bond acceptors (Lipinski definition) is 8. The number of aromatic amines is 1. The Morgan fingerprint density at radius 2 is 1.94 bits per heavy atom. The molecule has 48 heavy (non-hydrogen) atoms. The summed E-state index contributed by atoms with van der Waals surface area (Å²) in [5.74, 6) is -1.56. The third-order valence-corrected chi connectivity index (χ3v) is 9.84. The predicted octanol–water partition coefficient (Wildman–Crippen LogP) is 5.65. The number of imidazole rings is 2. The van der Waals surface area contributed by atoms with Crippen molar-refractivity contribution in [2.45, 2.75) is 70.0 Å². The number of aromatic nitrogens is 6. The maximum absolute atomic E-state index is 14.2. The molecule has 7 rings (SSSR count). The highest BCUT2D eigenvalue weighted by atomic mass is 19.4. The molecule has 0 bridgehead atoms. The van der Waals surface area contributed by atoms with Crippen LogP contribution >= 0.6 is 0 Å². The van der Waals surface area contributed by atoms with Gasteiger partial charge in [-0.2, -0.15) is 18.2 Å².